The van der Waals surface area contributed by atoms with E-state index in [2.05, 4.69) is 42.7 Å². The summed E-state index contributed by atoms with van der Waals surface area (Å²) < 4.78 is 4.98. The van der Waals surface area contributed by atoms with Crippen LogP contribution >= 0.6 is 12.2 Å². The summed E-state index contributed by atoms with van der Waals surface area (Å²) in [6.45, 7) is 5.68. The predicted molar refractivity (Wildman–Crippen MR) is 81.3 cm³/mol. The molecule has 0 amide bonds. The van der Waals surface area contributed by atoms with Gasteiger partial charge in [0.2, 0.25) is 0 Å². The van der Waals surface area contributed by atoms with Crippen LogP contribution in [0.3, 0.4) is 0 Å². The lowest BCUT2D eigenvalue weighted by Crippen LogP contribution is -2.31. The quantitative estimate of drug-likeness (QED) is 0.613. The average Bonchev–Trinajstić information content (AvgIpc) is 2.39. The molecule has 1 aromatic carbocycles. The Morgan fingerprint density at radius 3 is 2.33 bits per heavy atom. The molecule has 0 aromatic heterocycles. The van der Waals surface area contributed by atoms with Gasteiger partial charge in [-0.05, 0) is 36.2 Å². The lowest BCUT2D eigenvalue weighted by atomic mass is 10.0. The van der Waals surface area contributed by atoms with Crippen molar-refractivity contribution in [3.8, 4) is 0 Å². The highest BCUT2D eigenvalue weighted by molar-refractivity contribution is 7.80. The Kier molecular flexibility index (Phi) is 6.68. The van der Waals surface area contributed by atoms with E-state index < -0.39 is 0 Å². The molecule has 0 saturated carbocycles. The SMILES string of the molecule is CCc1cccc(CC)c1NC(=S)NCCOC. The van der Waals surface area contributed by atoms with E-state index in [9.17, 15) is 0 Å². The van der Waals surface area contributed by atoms with Crippen molar-refractivity contribution in [1.29, 1.82) is 0 Å². The Hall–Kier alpha value is -1.13. The van der Waals surface area contributed by atoms with Crippen molar-refractivity contribution >= 4 is 23.0 Å². The van der Waals surface area contributed by atoms with Crippen molar-refractivity contribution in [1.82, 2.24) is 5.32 Å². The van der Waals surface area contributed by atoms with Crippen LogP contribution in [0.4, 0.5) is 5.69 Å². The number of aryl methyl sites for hydroxylation is 2. The van der Waals surface area contributed by atoms with E-state index in [1.165, 1.54) is 11.1 Å². The number of rotatable bonds is 6. The van der Waals surface area contributed by atoms with Gasteiger partial charge >= 0.3 is 0 Å². The number of para-hydroxylation sites is 1. The molecule has 0 aliphatic rings. The molecule has 2 N–H and O–H groups in total. The molecule has 0 radical (unpaired) electrons. The Balaban J connectivity index is 2.72. The van der Waals surface area contributed by atoms with Gasteiger partial charge < -0.3 is 15.4 Å². The summed E-state index contributed by atoms with van der Waals surface area (Å²) in [4.78, 5) is 0. The van der Waals surface area contributed by atoms with Crippen molar-refractivity contribution in [2.45, 2.75) is 26.7 Å². The maximum atomic E-state index is 5.29. The normalized spacial score (nSPS) is 10.2. The maximum absolute atomic E-state index is 5.29. The van der Waals surface area contributed by atoms with Crippen LogP contribution in [0.15, 0.2) is 18.2 Å². The van der Waals surface area contributed by atoms with Crippen molar-refractivity contribution in [3.05, 3.63) is 29.3 Å². The molecular weight excluding hydrogens is 244 g/mol. The van der Waals surface area contributed by atoms with Gasteiger partial charge in [0.15, 0.2) is 5.11 Å². The van der Waals surface area contributed by atoms with Crippen molar-refractivity contribution in [2.24, 2.45) is 0 Å². The van der Waals surface area contributed by atoms with Crippen LogP contribution in [0.1, 0.15) is 25.0 Å². The fourth-order valence-corrected chi connectivity index (χ4v) is 2.03. The van der Waals surface area contributed by atoms with Gasteiger partial charge in [-0.15, -0.1) is 0 Å². The van der Waals surface area contributed by atoms with E-state index in [-0.39, 0.29) is 0 Å². The largest absolute Gasteiger partial charge is 0.383 e. The van der Waals surface area contributed by atoms with E-state index in [1.54, 1.807) is 7.11 Å². The minimum absolute atomic E-state index is 0.651. The van der Waals surface area contributed by atoms with Crippen molar-refractivity contribution in [2.75, 3.05) is 25.6 Å². The summed E-state index contributed by atoms with van der Waals surface area (Å²) in [5, 5.41) is 7.09. The summed E-state index contributed by atoms with van der Waals surface area (Å²) in [6, 6.07) is 6.38. The van der Waals surface area contributed by atoms with Crippen LogP contribution < -0.4 is 10.6 Å². The summed E-state index contributed by atoms with van der Waals surface area (Å²) in [7, 11) is 1.68. The highest BCUT2D eigenvalue weighted by atomic mass is 32.1. The molecule has 1 rings (SSSR count). The number of hydrogen-bond acceptors (Lipinski definition) is 2. The van der Waals surface area contributed by atoms with Gasteiger partial charge in [-0.2, -0.15) is 0 Å². The number of methoxy groups -OCH3 is 1. The zero-order valence-corrected chi connectivity index (χ0v) is 12.2. The molecule has 100 valence electrons. The number of thiocarbonyl (C=S) groups is 1. The van der Waals surface area contributed by atoms with Crippen LogP contribution in [0.5, 0.6) is 0 Å². The fourth-order valence-electron chi connectivity index (χ4n) is 1.83. The molecular formula is C14H22N2OS. The average molecular weight is 266 g/mol. The molecule has 4 heteroatoms. The standard InChI is InChI=1S/C14H22N2OS/c1-4-11-7-6-8-12(5-2)13(11)16-14(18)15-9-10-17-3/h6-8H,4-5,9-10H2,1-3H3,(H2,15,16,18). The minimum atomic E-state index is 0.651. The fraction of sp³-hybridized carbons (Fsp3) is 0.500. The van der Waals surface area contributed by atoms with Gasteiger partial charge in [0, 0.05) is 19.3 Å². The first-order chi connectivity index (χ1) is 8.72. The van der Waals surface area contributed by atoms with Gasteiger partial charge in [-0.1, -0.05) is 32.0 Å². The molecule has 0 spiro atoms. The molecule has 1 aromatic rings. The molecule has 3 nitrogen and oxygen atoms in total. The lowest BCUT2D eigenvalue weighted by molar-refractivity contribution is 0.204. The molecule has 0 heterocycles. The van der Waals surface area contributed by atoms with Crippen LogP contribution in [0, 0.1) is 0 Å². The van der Waals surface area contributed by atoms with Crippen LogP contribution in [0.2, 0.25) is 0 Å². The Bertz CT molecular complexity index is 371. The second-order valence-electron chi connectivity index (χ2n) is 4.03. The van der Waals surface area contributed by atoms with Crippen LogP contribution in [-0.2, 0) is 17.6 Å². The molecule has 18 heavy (non-hydrogen) atoms. The van der Waals surface area contributed by atoms with Gasteiger partial charge in [0.25, 0.3) is 0 Å². The third kappa shape index (κ3) is 4.27. The second kappa shape index (κ2) is 8.06. The first-order valence-electron chi connectivity index (χ1n) is 6.37. The van der Waals surface area contributed by atoms with E-state index in [0.29, 0.717) is 11.7 Å². The molecule has 0 bridgehead atoms. The number of nitrogens with one attached hydrogen (secondary N) is 2. The van der Waals surface area contributed by atoms with Crippen molar-refractivity contribution < 1.29 is 4.74 Å². The second-order valence-corrected chi connectivity index (χ2v) is 4.44. The maximum Gasteiger partial charge on any atom is 0.170 e. The molecule has 0 unspecified atom stereocenters. The van der Waals surface area contributed by atoms with E-state index in [1.807, 2.05) is 0 Å². The number of anilines is 1. The summed E-state index contributed by atoms with van der Waals surface area (Å²) in [6.07, 6.45) is 1.99. The zero-order chi connectivity index (χ0) is 13.4. The molecule has 0 fully saturated rings. The molecule has 0 atom stereocenters. The monoisotopic (exact) mass is 266 g/mol. The van der Waals surface area contributed by atoms with Gasteiger partial charge in [-0.3, -0.25) is 0 Å². The van der Waals surface area contributed by atoms with E-state index in [4.69, 9.17) is 17.0 Å². The molecule has 0 aliphatic carbocycles. The van der Waals surface area contributed by atoms with E-state index >= 15 is 0 Å². The Morgan fingerprint density at radius 2 is 1.83 bits per heavy atom. The smallest absolute Gasteiger partial charge is 0.170 e. The third-order valence-electron chi connectivity index (χ3n) is 2.83. The Labute approximate surface area is 115 Å². The molecule has 0 saturated heterocycles. The van der Waals surface area contributed by atoms with Crippen molar-refractivity contribution in [3.63, 3.8) is 0 Å². The predicted octanol–water partition coefficient (Wildman–Crippen LogP) is 2.74. The number of hydrogen-bond donors (Lipinski definition) is 2. The van der Waals surface area contributed by atoms with Gasteiger partial charge in [0.05, 0.1) is 6.61 Å². The third-order valence-corrected chi connectivity index (χ3v) is 3.08. The van der Waals surface area contributed by atoms with Gasteiger partial charge in [0.1, 0.15) is 0 Å². The topological polar surface area (TPSA) is 33.3 Å². The number of ether oxygens (including phenoxy) is 1. The van der Waals surface area contributed by atoms with Gasteiger partial charge in [-0.25, -0.2) is 0 Å². The minimum Gasteiger partial charge on any atom is -0.383 e. The summed E-state index contributed by atoms with van der Waals surface area (Å²) >= 11 is 5.29. The number of benzene rings is 1. The summed E-state index contributed by atoms with van der Waals surface area (Å²) in [5.74, 6) is 0. The van der Waals surface area contributed by atoms with Crippen LogP contribution in [0.25, 0.3) is 0 Å². The highest BCUT2D eigenvalue weighted by Gasteiger charge is 2.07. The van der Waals surface area contributed by atoms with Crippen LogP contribution in [-0.4, -0.2) is 25.4 Å². The first-order valence-corrected chi connectivity index (χ1v) is 6.78. The zero-order valence-electron chi connectivity index (χ0n) is 11.4. The lowest BCUT2D eigenvalue weighted by Gasteiger charge is -2.16. The van der Waals surface area contributed by atoms with E-state index in [0.717, 1.165) is 25.1 Å². The summed E-state index contributed by atoms with van der Waals surface area (Å²) in [5.41, 5.74) is 3.74. The highest BCUT2D eigenvalue weighted by Crippen LogP contribution is 2.22. The molecule has 0 aliphatic heterocycles. The first kappa shape index (κ1) is 14.9. The Morgan fingerprint density at radius 1 is 1.22 bits per heavy atom.